The Balaban J connectivity index is 1.72. The van der Waals surface area contributed by atoms with Crippen molar-refractivity contribution >= 4 is 31.6 Å². The highest BCUT2D eigenvalue weighted by Crippen LogP contribution is 2.23. The van der Waals surface area contributed by atoms with Crippen LogP contribution in [0.3, 0.4) is 0 Å². The molecular formula is C16H17ClN2O4S2. The van der Waals surface area contributed by atoms with Crippen LogP contribution in [0.2, 0.25) is 5.02 Å². The highest BCUT2D eigenvalue weighted by Gasteiger charge is 2.34. The van der Waals surface area contributed by atoms with E-state index in [1.807, 2.05) is 0 Å². The van der Waals surface area contributed by atoms with E-state index in [0.717, 1.165) is 0 Å². The molecule has 1 heterocycles. The smallest absolute Gasteiger partial charge is 0.207 e. The van der Waals surface area contributed by atoms with E-state index in [2.05, 4.69) is 4.72 Å². The second-order valence-corrected chi connectivity index (χ2v) is 9.83. The van der Waals surface area contributed by atoms with E-state index < -0.39 is 26.1 Å². The quantitative estimate of drug-likeness (QED) is 0.832. The molecule has 0 saturated carbocycles. The Kier molecular flexibility index (Phi) is 5.17. The second-order valence-electron chi connectivity index (χ2n) is 5.74. The lowest BCUT2D eigenvalue weighted by atomic mass is 10.3. The zero-order chi connectivity index (χ0) is 18.1. The lowest BCUT2D eigenvalue weighted by Gasteiger charge is -2.17. The van der Waals surface area contributed by atoms with Gasteiger partial charge in [-0.1, -0.05) is 29.8 Å². The molecule has 1 fully saturated rings. The minimum atomic E-state index is -3.67. The average Bonchev–Trinajstić information content (AvgIpc) is 3.05. The van der Waals surface area contributed by atoms with Crippen LogP contribution >= 0.6 is 11.6 Å². The van der Waals surface area contributed by atoms with Crippen molar-refractivity contribution < 1.29 is 16.8 Å². The first-order chi connectivity index (χ1) is 11.8. The highest BCUT2D eigenvalue weighted by atomic mass is 35.5. The molecule has 0 aromatic heterocycles. The number of benzene rings is 2. The third-order valence-corrected chi connectivity index (χ3v) is 7.65. The normalized spacial score (nSPS) is 19.2. The summed E-state index contributed by atoms with van der Waals surface area (Å²) >= 11 is 5.79. The van der Waals surface area contributed by atoms with E-state index in [-0.39, 0.29) is 22.9 Å². The zero-order valence-corrected chi connectivity index (χ0v) is 15.6. The maximum atomic E-state index is 12.6. The summed E-state index contributed by atoms with van der Waals surface area (Å²) in [6.07, 6.45) is 0.416. The van der Waals surface area contributed by atoms with Crippen molar-refractivity contribution in [1.82, 2.24) is 9.03 Å². The highest BCUT2D eigenvalue weighted by molar-refractivity contribution is 7.89. The minimum Gasteiger partial charge on any atom is -0.207 e. The molecule has 1 saturated heterocycles. The van der Waals surface area contributed by atoms with Crippen LogP contribution in [-0.2, 0) is 20.0 Å². The zero-order valence-electron chi connectivity index (χ0n) is 13.2. The fourth-order valence-corrected chi connectivity index (χ4v) is 5.59. The van der Waals surface area contributed by atoms with E-state index in [1.54, 1.807) is 18.2 Å². The van der Waals surface area contributed by atoms with Gasteiger partial charge < -0.3 is 0 Å². The fraction of sp³-hybridized carbons (Fsp3) is 0.250. The molecule has 6 nitrogen and oxygen atoms in total. The lowest BCUT2D eigenvalue weighted by Crippen LogP contribution is -2.38. The molecule has 1 atom stereocenters. The van der Waals surface area contributed by atoms with Gasteiger partial charge in [0, 0.05) is 24.2 Å². The SMILES string of the molecule is O=S(=O)(NC1CCN(S(=O)(=O)c2ccc(Cl)cc2)C1)c1ccccc1. The first-order valence-corrected chi connectivity index (χ1v) is 10.9. The first kappa shape index (κ1) is 18.3. The standard InChI is InChI=1S/C16H17ClN2O4S2/c17-13-6-8-16(9-7-13)25(22,23)19-11-10-14(12-19)18-24(20,21)15-4-2-1-3-5-15/h1-9,14,18H,10-12H2. The van der Waals surface area contributed by atoms with E-state index in [9.17, 15) is 16.8 Å². The number of sulfonamides is 2. The van der Waals surface area contributed by atoms with E-state index in [0.29, 0.717) is 11.4 Å². The summed E-state index contributed by atoms with van der Waals surface area (Å²) in [5.74, 6) is 0. The Bertz CT molecular complexity index is 945. The maximum Gasteiger partial charge on any atom is 0.243 e. The number of hydrogen-bond donors (Lipinski definition) is 1. The number of nitrogens with one attached hydrogen (secondary N) is 1. The van der Waals surface area contributed by atoms with E-state index >= 15 is 0 Å². The van der Waals surface area contributed by atoms with Gasteiger partial charge in [-0.3, -0.25) is 0 Å². The van der Waals surface area contributed by atoms with Crippen molar-refractivity contribution in [2.24, 2.45) is 0 Å². The molecule has 1 unspecified atom stereocenters. The average molecular weight is 401 g/mol. The molecule has 134 valence electrons. The molecule has 3 rings (SSSR count). The van der Waals surface area contributed by atoms with Gasteiger partial charge in [-0.05, 0) is 42.8 Å². The van der Waals surface area contributed by atoms with E-state index in [4.69, 9.17) is 11.6 Å². The van der Waals surface area contributed by atoms with Crippen LogP contribution in [0, 0.1) is 0 Å². The summed E-state index contributed by atoms with van der Waals surface area (Å²) in [6.45, 7) is 0.351. The predicted molar refractivity (Wildman–Crippen MR) is 95.4 cm³/mol. The van der Waals surface area contributed by atoms with Crippen LogP contribution in [0.4, 0.5) is 0 Å². The van der Waals surface area contributed by atoms with Crippen LogP contribution < -0.4 is 4.72 Å². The molecule has 25 heavy (non-hydrogen) atoms. The van der Waals surface area contributed by atoms with E-state index in [1.165, 1.54) is 40.7 Å². The molecule has 2 aromatic carbocycles. The van der Waals surface area contributed by atoms with Gasteiger partial charge in [-0.15, -0.1) is 0 Å². The van der Waals surface area contributed by atoms with Crippen LogP contribution in [-0.4, -0.2) is 40.3 Å². The largest absolute Gasteiger partial charge is 0.243 e. The monoisotopic (exact) mass is 400 g/mol. The minimum absolute atomic E-state index is 0.0943. The molecule has 0 aliphatic carbocycles. The summed E-state index contributed by atoms with van der Waals surface area (Å²) in [5, 5.41) is 0.453. The molecular weight excluding hydrogens is 384 g/mol. The Labute approximate surface area is 152 Å². The predicted octanol–water partition coefficient (Wildman–Crippen LogP) is 2.08. The second kappa shape index (κ2) is 7.05. The van der Waals surface area contributed by atoms with Crippen molar-refractivity contribution in [3.63, 3.8) is 0 Å². The summed E-state index contributed by atoms with van der Waals surface area (Å²) in [4.78, 5) is 0.303. The number of hydrogen-bond acceptors (Lipinski definition) is 4. The molecule has 2 aromatic rings. The molecule has 0 radical (unpaired) electrons. The summed E-state index contributed by atoms with van der Waals surface area (Å²) in [7, 11) is -7.34. The molecule has 9 heteroatoms. The van der Waals surface area contributed by atoms with Gasteiger partial charge in [0.15, 0.2) is 0 Å². The Morgan fingerprint density at radius 2 is 1.56 bits per heavy atom. The molecule has 0 spiro atoms. The summed E-state index contributed by atoms with van der Waals surface area (Å²) in [5.41, 5.74) is 0. The van der Waals surface area contributed by atoms with Gasteiger partial charge in [-0.25, -0.2) is 21.6 Å². The van der Waals surface area contributed by atoms with Crippen molar-refractivity contribution in [2.45, 2.75) is 22.3 Å². The molecule has 0 bridgehead atoms. The summed E-state index contributed by atoms with van der Waals surface area (Å²) < 4.78 is 53.8. The Hall–Kier alpha value is -1.45. The maximum absolute atomic E-state index is 12.6. The fourth-order valence-electron chi connectivity index (χ4n) is 2.69. The van der Waals surface area contributed by atoms with Crippen LogP contribution in [0.1, 0.15) is 6.42 Å². The van der Waals surface area contributed by atoms with Crippen molar-refractivity contribution in [3.05, 3.63) is 59.6 Å². The number of halogens is 1. The van der Waals surface area contributed by atoms with Crippen molar-refractivity contribution in [2.75, 3.05) is 13.1 Å². The molecule has 1 aliphatic heterocycles. The van der Waals surface area contributed by atoms with Gasteiger partial charge in [0.2, 0.25) is 20.0 Å². The van der Waals surface area contributed by atoms with Crippen LogP contribution in [0.5, 0.6) is 0 Å². The van der Waals surface area contributed by atoms with Crippen LogP contribution in [0.25, 0.3) is 0 Å². The lowest BCUT2D eigenvalue weighted by molar-refractivity contribution is 0.467. The van der Waals surface area contributed by atoms with Gasteiger partial charge in [-0.2, -0.15) is 4.31 Å². The topological polar surface area (TPSA) is 83.6 Å². The molecule has 1 aliphatic rings. The van der Waals surface area contributed by atoms with Gasteiger partial charge in [0.1, 0.15) is 0 Å². The Morgan fingerprint density at radius 3 is 2.20 bits per heavy atom. The third kappa shape index (κ3) is 4.04. The third-order valence-electron chi connectivity index (χ3n) is 3.98. The number of rotatable bonds is 5. The summed E-state index contributed by atoms with van der Waals surface area (Å²) in [6, 6.07) is 13.5. The molecule has 0 amide bonds. The Morgan fingerprint density at radius 1 is 0.920 bits per heavy atom. The van der Waals surface area contributed by atoms with Crippen molar-refractivity contribution in [1.29, 1.82) is 0 Å². The van der Waals surface area contributed by atoms with Gasteiger partial charge in [0.05, 0.1) is 9.79 Å². The van der Waals surface area contributed by atoms with Gasteiger partial charge >= 0.3 is 0 Å². The molecule has 1 N–H and O–H groups in total. The number of nitrogens with zero attached hydrogens (tertiary/aromatic N) is 1. The van der Waals surface area contributed by atoms with Crippen molar-refractivity contribution in [3.8, 4) is 0 Å². The van der Waals surface area contributed by atoms with Crippen LogP contribution in [0.15, 0.2) is 64.4 Å². The first-order valence-electron chi connectivity index (χ1n) is 7.62. The van der Waals surface area contributed by atoms with Gasteiger partial charge in [0.25, 0.3) is 0 Å².